The van der Waals surface area contributed by atoms with Crippen LogP contribution in [0.15, 0.2) is 6.33 Å². The molecule has 0 fully saturated rings. The van der Waals surface area contributed by atoms with Gasteiger partial charge in [-0.25, -0.2) is 4.98 Å². The van der Waals surface area contributed by atoms with Gasteiger partial charge in [0.15, 0.2) is 10.8 Å². The molecular formula is C10H10ClFN4O2. The molecule has 96 valence electrons. The predicted octanol–water partition coefficient (Wildman–Crippen LogP) is 1.57. The number of halogens is 2. The second-order valence-corrected chi connectivity index (χ2v) is 4.13. The van der Waals surface area contributed by atoms with Gasteiger partial charge in [0, 0.05) is 6.92 Å². The van der Waals surface area contributed by atoms with E-state index in [4.69, 9.17) is 16.3 Å². The number of aromatic nitrogens is 4. The van der Waals surface area contributed by atoms with E-state index < -0.39 is 6.08 Å². The fraction of sp³-hybridized carbons (Fsp3) is 0.400. The molecule has 2 heterocycles. The zero-order valence-corrected chi connectivity index (χ0v) is 10.5. The van der Waals surface area contributed by atoms with Crippen molar-refractivity contribution in [2.45, 2.75) is 26.5 Å². The first-order chi connectivity index (χ1) is 8.47. The third-order valence-electron chi connectivity index (χ3n) is 2.22. The summed E-state index contributed by atoms with van der Waals surface area (Å²) >= 11 is 5.74. The van der Waals surface area contributed by atoms with E-state index in [1.807, 2.05) is 0 Å². The molecule has 0 spiro atoms. The summed E-state index contributed by atoms with van der Waals surface area (Å²) < 4.78 is 19.6. The van der Waals surface area contributed by atoms with Gasteiger partial charge in [-0.2, -0.15) is 14.4 Å². The van der Waals surface area contributed by atoms with Crippen molar-refractivity contribution in [1.82, 2.24) is 19.5 Å². The number of hydrogen-bond acceptors (Lipinski definition) is 5. The van der Waals surface area contributed by atoms with Crippen LogP contribution in [0.4, 0.5) is 4.39 Å². The maximum absolute atomic E-state index is 13.1. The maximum atomic E-state index is 13.1. The normalized spacial score (nSPS) is 12.7. The largest absolute Gasteiger partial charge is 0.461 e. The first-order valence-corrected chi connectivity index (χ1v) is 5.56. The number of imidazole rings is 1. The SMILES string of the molecule is CC(=O)OC(C)Cn1cnc2c(Cl)nc(F)nc21. The predicted molar refractivity (Wildman–Crippen MR) is 61.5 cm³/mol. The Morgan fingerprint density at radius 3 is 3.00 bits per heavy atom. The van der Waals surface area contributed by atoms with Gasteiger partial charge in [0.05, 0.1) is 12.9 Å². The van der Waals surface area contributed by atoms with E-state index in [9.17, 15) is 9.18 Å². The number of hydrogen-bond donors (Lipinski definition) is 0. The molecule has 0 aliphatic carbocycles. The molecule has 0 aliphatic rings. The minimum atomic E-state index is -0.922. The number of esters is 1. The topological polar surface area (TPSA) is 69.9 Å². The number of nitrogens with zero attached hydrogens (tertiary/aromatic N) is 4. The quantitative estimate of drug-likeness (QED) is 0.482. The summed E-state index contributed by atoms with van der Waals surface area (Å²) in [5.41, 5.74) is 0.583. The molecule has 1 atom stereocenters. The highest BCUT2D eigenvalue weighted by Crippen LogP contribution is 2.18. The van der Waals surface area contributed by atoms with Gasteiger partial charge in [0.1, 0.15) is 11.6 Å². The van der Waals surface area contributed by atoms with Crippen molar-refractivity contribution in [3.05, 3.63) is 17.6 Å². The van der Waals surface area contributed by atoms with Crippen LogP contribution in [0, 0.1) is 6.08 Å². The molecule has 0 bridgehead atoms. The van der Waals surface area contributed by atoms with Crippen LogP contribution in [0.1, 0.15) is 13.8 Å². The fourth-order valence-corrected chi connectivity index (χ4v) is 1.82. The van der Waals surface area contributed by atoms with Crippen molar-refractivity contribution in [3.8, 4) is 0 Å². The zero-order valence-electron chi connectivity index (χ0n) is 9.72. The van der Waals surface area contributed by atoms with Crippen LogP contribution in [0.5, 0.6) is 0 Å². The number of ether oxygens (including phenoxy) is 1. The van der Waals surface area contributed by atoms with Gasteiger partial charge in [-0.3, -0.25) is 4.79 Å². The smallest absolute Gasteiger partial charge is 0.312 e. The van der Waals surface area contributed by atoms with Crippen LogP contribution >= 0.6 is 11.6 Å². The highest BCUT2D eigenvalue weighted by atomic mass is 35.5. The molecule has 2 aromatic heterocycles. The lowest BCUT2D eigenvalue weighted by Crippen LogP contribution is -2.19. The third kappa shape index (κ3) is 2.56. The molecule has 8 heteroatoms. The van der Waals surface area contributed by atoms with E-state index >= 15 is 0 Å². The molecule has 0 aliphatic heterocycles. The van der Waals surface area contributed by atoms with Crippen molar-refractivity contribution in [2.24, 2.45) is 0 Å². The molecule has 1 unspecified atom stereocenters. The van der Waals surface area contributed by atoms with Gasteiger partial charge < -0.3 is 9.30 Å². The lowest BCUT2D eigenvalue weighted by atomic mass is 10.4. The van der Waals surface area contributed by atoms with Crippen molar-refractivity contribution in [3.63, 3.8) is 0 Å². The summed E-state index contributed by atoms with van der Waals surface area (Å²) in [5, 5.41) is -0.0450. The minimum absolute atomic E-state index is 0.0450. The molecule has 0 saturated carbocycles. The summed E-state index contributed by atoms with van der Waals surface area (Å²) in [4.78, 5) is 21.8. The summed E-state index contributed by atoms with van der Waals surface area (Å²) in [6, 6.07) is 0. The first kappa shape index (κ1) is 12.7. The van der Waals surface area contributed by atoms with Gasteiger partial charge in [0.2, 0.25) is 0 Å². The van der Waals surface area contributed by atoms with Crippen LogP contribution in [0.2, 0.25) is 5.15 Å². The third-order valence-corrected chi connectivity index (χ3v) is 2.48. The highest BCUT2D eigenvalue weighted by Gasteiger charge is 2.14. The van der Waals surface area contributed by atoms with Gasteiger partial charge in [-0.1, -0.05) is 11.6 Å². The summed E-state index contributed by atoms with van der Waals surface area (Å²) in [7, 11) is 0. The fourth-order valence-electron chi connectivity index (χ4n) is 1.62. The van der Waals surface area contributed by atoms with E-state index in [1.165, 1.54) is 13.3 Å². The van der Waals surface area contributed by atoms with Gasteiger partial charge in [-0.15, -0.1) is 0 Å². The Morgan fingerprint density at radius 1 is 1.61 bits per heavy atom. The van der Waals surface area contributed by atoms with Crippen LogP contribution < -0.4 is 0 Å². The zero-order chi connectivity index (χ0) is 13.3. The highest BCUT2D eigenvalue weighted by molar-refractivity contribution is 6.33. The molecule has 0 saturated heterocycles. The number of carbonyl (C=O) groups excluding carboxylic acids is 1. The van der Waals surface area contributed by atoms with Crippen LogP contribution in [0.25, 0.3) is 11.2 Å². The van der Waals surface area contributed by atoms with Gasteiger partial charge >= 0.3 is 12.0 Å². The number of fused-ring (bicyclic) bond motifs is 1. The van der Waals surface area contributed by atoms with Crippen molar-refractivity contribution < 1.29 is 13.9 Å². The van der Waals surface area contributed by atoms with E-state index in [2.05, 4.69) is 15.0 Å². The van der Waals surface area contributed by atoms with E-state index in [-0.39, 0.29) is 22.9 Å². The van der Waals surface area contributed by atoms with E-state index in [1.54, 1.807) is 11.5 Å². The Hall–Kier alpha value is -1.76. The molecule has 2 rings (SSSR count). The molecule has 0 radical (unpaired) electrons. The Kier molecular flexibility index (Phi) is 3.42. The second-order valence-electron chi connectivity index (χ2n) is 3.77. The summed E-state index contributed by atoms with van der Waals surface area (Å²) in [6.45, 7) is 3.34. The lowest BCUT2D eigenvalue weighted by Gasteiger charge is -2.12. The Labute approximate surface area is 107 Å². The standard InChI is InChI=1S/C10H10ClFN4O2/c1-5(18-6(2)17)3-16-4-13-7-8(11)14-10(12)15-9(7)16/h4-5H,3H2,1-2H3. The second kappa shape index (κ2) is 4.85. The summed E-state index contributed by atoms with van der Waals surface area (Å²) in [5.74, 6) is -0.384. The minimum Gasteiger partial charge on any atom is -0.461 e. The van der Waals surface area contributed by atoms with Crippen molar-refractivity contribution in [2.75, 3.05) is 0 Å². The average Bonchev–Trinajstić information content (AvgIpc) is 2.60. The van der Waals surface area contributed by atoms with Crippen molar-refractivity contribution in [1.29, 1.82) is 0 Å². The Balaban J connectivity index is 2.32. The molecule has 2 aromatic rings. The van der Waals surface area contributed by atoms with E-state index in [0.29, 0.717) is 12.1 Å². The Morgan fingerprint density at radius 2 is 2.33 bits per heavy atom. The molecule has 0 amide bonds. The molecule has 0 N–H and O–H groups in total. The number of carbonyl (C=O) groups is 1. The molecule has 18 heavy (non-hydrogen) atoms. The van der Waals surface area contributed by atoms with Crippen molar-refractivity contribution >= 4 is 28.7 Å². The first-order valence-electron chi connectivity index (χ1n) is 5.18. The molecular weight excluding hydrogens is 263 g/mol. The maximum Gasteiger partial charge on any atom is 0.312 e. The van der Waals surface area contributed by atoms with Crippen LogP contribution in [0.3, 0.4) is 0 Å². The average molecular weight is 273 g/mol. The van der Waals surface area contributed by atoms with Gasteiger partial charge in [-0.05, 0) is 6.92 Å². The van der Waals surface area contributed by atoms with Crippen LogP contribution in [-0.2, 0) is 16.1 Å². The number of rotatable bonds is 3. The molecule has 0 aromatic carbocycles. The van der Waals surface area contributed by atoms with E-state index in [0.717, 1.165) is 0 Å². The van der Waals surface area contributed by atoms with Crippen LogP contribution in [-0.4, -0.2) is 31.6 Å². The monoisotopic (exact) mass is 272 g/mol. The molecule has 6 nitrogen and oxygen atoms in total. The lowest BCUT2D eigenvalue weighted by molar-refractivity contribution is -0.145. The summed E-state index contributed by atoms with van der Waals surface area (Å²) in [6.07, 6.45) is 0.149. The van der Waals surface area contributed by atoms with Gasteiger partial charge in [0.25, 0.3) is 0 Å². The Bertz CT molecular complexity index is 601.